The van der Waals surface area contributed by atoms with Gasteiger partial charge in [0.2, 0.25) is 15.9 Å². The Morgan fingerprint density at radius 3 is 2.36 bits per heavy atom. The number of para-hydroxylation sites is 1. The first kappa shape index (κ1) is 43.0. The summed E-state index contributed by atoms with van der Waals surface area (Å²) >= 11 is 7.90. The van der Waals surface area contributed by atoms with Crippen LogP contribution in [0.15, 0.2) is 107 Å². The van der Waals surface area contributed by atoms with Crippen molar-refractivity contribution in [2.45, 2.75) is 86.1 Å². The Bertz CT molecular complexity index is 2130. The summed E-state index contributed by atoms with van der Waals surface area (Å²) in [6, 6.07) is 27.2. The van der Waals surface area contributed by atoms with Gasteiger partial charge in [-0.25, -0.2) is 22.7 Å². The summed E-state index contributed by atoms with van der Waals surface area (Å²) in [5.74, 6) is -1.37. The molecule has 0 spiro atoms. The minimum atomic E-state index is -3.97. The number of amides is 1. The summed E-state index contributed by atoms with van der Waals surface area (Å²) in [5, 5.41) is 16.2. The summed E-state index contributed by atoms with van der Waals surface area (Å²) in [5.41, 5.74) is 3.59. The highest BCUT2D eigenvalue weighted by Crippen LogP contribution is 2.37. The van der Waals surface area contributed by atoms with E-state index in [1.54, 1.807) is 43.3 Å². The number of hydrogen-bond donors (Lipinski definition) is 5. The normalized spacial score (nSPS) is 17.4. The zero-order valence-electron chi connectivity index (χ0n) is 32.1. The fourth-order valence-corrected chi connectivity index (χ4v) is 9.36. The summed E-state index contributed by atoms with van der Waals surface area (Å²) in [6.07, 6.45) is 3.37. The molecule has 2 heterocycles. The maximum absolute atomic E-state index is 13.4. The van der Waals surface area contributed by atoms with Crippen LogP contribution in [0.5, 0.6) is 5.75 Å². The van der Waals surface area contributed by atoms with Crippen LogP contribution in [0, 0.1) is 0 Å². The lowest BCUT2D eigenvalue weighted by atomic mass is 10.0. The third-order valence-corrected chi connectivity index (χ3v) is 12.8. The van der Waals surface area contributed by atoms with Gasteiger partial charge in [-0.15, -0.1) is 0 Å². The summed E-state index contributed by atoms with van der Waals surface area (Å²) < 4.78 is 44.0. The molecule has 4 aromatic carbocycles. The molecule has 308 valence electrons. The van der Waals surface area contributed by atoms with Crippen molar-refractivity contribution >= 4 is 57.1 Å². The Balaban J connectivity index is 1.03. The van der Waals surface area contributed by atoms with E-state index >= 15 is 0 Å². The molecule has 1 fully saturated rings. The van der Waals surface area contributed by atoms with E-state index in [1.807, 2.05) is 48.5 Å². The quantitative estimate of drug-likeness (QED) is 0.0438. The number of rotatable bonds is 19. The second-order valence-electron chi connectivity index (χ2n) is 14.2. The van der Waals surface area contributed by atoms with Crippen molar-refractivity contribution in [3.63, 3.8) is 0 Å². The first-order chi connectivity index (χ1) is 28.0. The molecule has 0 aromatic heterocycles. The highest BCUT2D eigenvalue weighted by Gasteiger charge is 2.37. The van der Waals surface area contributed by atoms with Crippen LogP contribution in [-0.2, 0) is 48.5 Å². The number of benzene rings is 4. The molecule has 1 amide bonds. The molecule has 4 atom stereocenters. The van der Waals surface area contributed by atoms with Crippen molar-refractivity contribution in [3.05, 3.63) is 119 Å². The van der Waals surface area contributed by atoms with Gasteiger partial charge in [0, 0.05) is 18.0 Å². The summed E-state index contributed by atoms with van der Waals surface area (Å²) in [4.78, 5) is 40.4. The number of carbonyl (C=O) groups excluding carboxylic acids is 2. The highest BCUT2D eigenvalue weighted by atomic mass is 35.5. The minimum absolute atomic E-state index is 0.00894. The lowest BCUT2D eigenvalue weighted by Crippen LogP contribution is -2.53. The number of sulfonamides is 1. The van der Waals surface area contributed by atoms with E-state index in [0.29, 0.717) is 37.1 Å². The van der Waals surface area contributed by atoms with Crippen LogP contribution >= 0.6 is 23.5 Å². The Labute approximate surface area is 348 Å². The van der Waals surface area contributed by atoms with Gasteiger partial charge in [0.25, 0.3) is 0 Å². The molecule has 2 aliphatic heterocycles. The van der Waals surface area contributed by atoms with Crippen LogP contribution in [-0.4, -0.2) is 80.3 Å². The van der Waals surface area contributed by atoms with Gasteiger partial charge < -0.3 is 24.8 Å². The van der Waals surface area contributed by atoms with Crippen molar-refractivity contribution in [1.82, 2.24) is 19.7 Å². The number of esters is 1. The van der Waals surface area contributed by atoms with E-state index in [9.17, 15) is 27.9 Å². The number of anilines is 1. The Morgan fingerprint density at radius 1 is 0.948 bits per heavy atom. The van der Waals surface area contributed by atoms with E-state index in [1.165, 1.54) is 22.4 Å². The number of aliphatic carboxylic acids is 1. The Hall–Kier alpha value is -4.64. The molecule has 1 unspecified atom stereocenters. The van der Waals surface area contributed by atoms with Crippen LogP contribution < -0.4 is 24.8 Å². The molecule has 2 aliphatic rings. The molecule has 0 bridgehead atoms. The van der Waals surface area contributed by atoms with E-state index < -0.39 is 46.0 Å². The van der Waals surface area contributed by atoms with Gasteiger partial charge in [0.05, 0.1) is 22.9 Å². The zero-order chi connectivity index (χ0) is 41.1. The molecule has 13 nitrogen and oxygen atoms in total. The molecular formula is C42H48ClN5O8S2. The van der Waals surface area contributed by atoms with Crippen molar-refractivity contribution < 1.29 is 37.4 Å². The lowest BCUT2D eigenvalue weighted by molar-refractivity contribution is -0.150. The Kier molecular flexibility index (Phi) is 15.1. The topological polar surface area (TPSA) is 175 Å². The molecule has 0 saturated carbocycles. The van der Waals surface area contributed by atoms with Gasteiger partial charge in [-0.2, -0.15) is 0 Å². The largest absolute Gasteiger partial charge is 0.490 e. The number of nitrogens with one attached hydrogen (secondary N) is 4. The van der Waals surface area contributed by atoms with Gasteiger partial charge in [0.15, 0.2) is 0 Å². The third kappa shape index (κ3) is 11.7. The molecule has 1 saturated heterocycles. The first-order valence-electron chi connectivity index (χ1n) is 19.2. The van der Waals surface area contributed by atoms with Crippen molar-refractivity contribution in [2.24, 2.45) is 0 Å². The number of likely N-dealkylation sites (tertiary alicyclic amines) is 1. The predicted molar refractivity (Wildman–Crippen MR) is 223 cm³/mol. The third-order valence-electron chi connectivity index (χ3n) is 10.0. The van der Waals surface area contributed by atoms with Crippen molar-refractivity contribution in [3.8, 4) is 5.75 Å². The van der Waals surface area contributed by atoms with Gasteiger partial charge >= 0.3 is 11.9 Å². The second-order valence-corrected chi connectivity index (χ2v) is 17.2. The summed E-state index contributed by atoms with van der Waals surface area (Å²) in [7, 11) is -3.97. The predicted octanol–water partition coefficient (Wildman–Crippen LogP) is 5.78. The molecule has 16 heteroatoms. The average Bonchev–Trinajstić information content (AvgIpc) is 3.73. The van der Waals surface area contributed by atoms with Crippen LogP contribution in [0.2, 0.25) is 5.02 Å². The van der Waals surface area contributed by atoms with Crippen molar-refractivity contribution in [2.75, 3.05) is 25.1 Å². The van der Waals surface area contributed by atoms with E-state index in [2.05, 4.69) is 32.2 Å². The fraction of sp³-hybridized carbons (Fsp3) is 0.357. The number of hydrogen-bond acceptors (Lipinski definition) is 11. The number of nitrogens with zero attached hydrogens (tertiary/aromatic N) is 1. The monoisotopic (exact) mass is 849 g/mol. The van der Waals surface area contributed by atoms with Crippen LogP contribution in [0.3, 0.4) is 0 Å². The van der Waals surface area contributed by atoms with Gasteiger partial charge in [-0.3, -0.25) is 14.9 Å². The number of halogens is 1. The number of fused-ring (bicyclic) bond motifs is 1. The zero-order valence-corrected chi connectivity index (χ0v) is 34.5. The summed E-state index contributed by atoms with van der Waals surface area (Å²) in [6.45, 7) is 2.10. The van der Waals surface area contributed by atoms with E-state index in [4.69, 9.17) is 21.1 Å². The molecule has 4 aromatic rings. The van der Waals surface area contributed by atoms with Crippen LogP contribution in [0.4, 0.5) is 5.69 Å². The lowest BCUT2D eigenvalue weighted by Gasteiger charge is -2.28. The maximum Gasteiger partial charge on any atom is 0.326 e. The maximum atomic E-state index is 13.4. The van der Waals surface area contributed by atoms with Gasteiger partial charge in [-0.05, 0) is 98.4 Å². The molecule has 5 N–H and O–H groups in total. The van der Waals surface area contributed by atoms with Crippen molar-refractivity contribution in [1.29, 1.82) is 0 Å². The van der Waals surface area contributed by atoms with E-state index in [0.717, 1.165) is 29.0 Å². The minimum Gasteiger partial charge on any atom is -0.490 e. The van der Waals surface area contributed by atoms with Crippen LogP contribution in [0.25, 0.3) is 0 Å². The standard InChI is InChI=1S/C42H48ClN5O8S2/c1-28(40(49)48-22-8-13-36(48)41(50)51)45-34(42(52)56-24-23-55-32-11-6-3-7-12-32)20-18-30-14-16-31(17-15-30)27-44-58(53,54)38-26-37-35(25-33(38)43)46-39(47-57-37)21-19-29-9-4-2-5-10-29/h2-7,9-12,14-17,25-26,28,34,36,39,44-47H,8,13,18-24,27H2,1H3,(H,50,51)/t28-,34-,36-,39?/m0/s1. The number of carbonyl (C=O) groups is 3. The average molecular weight is 850 g/mol. The van der Waals surface area contributed by atoms with Gasteiger partial charge in [0.1, 0.15) is 35.9 Å². The number of ether oxygens (including phenoxy) is 2. The molecule has 0 aliphatic carbocycles. The Morgan fingerprint density at radius 2 is 1.64 bits per heavy atom. The smallest absolute Gasteiger partial charge is 0.326 e. The number of carboxylic acid groups (broad SMARTS) is 1. The van der Waals surface area contributed by atoms with Gasteiger partial charge in [-0.1, -0.05) is 84.4 Å². The van der Waals surface area contributed by atoms with Crippen LogP contribution in [0.1, 0.15) is 49.3 Å². The SMILES string of the molecule is C[C@H](N[C@@H](CCc1ccc(CNS(=O)(=O)c2cc3c(cc2Cl)NC(CCc2ccccc2)NS3)cc1)C(=O)OCCOc1ccccc1)C(=O)N1CCC[C@H]1C(=O)O. The number of aryl methyl sites for hydroxylation is 2. The number of carboxylic acids is 1. The highest BCUT2D eigenvalue weighted by molar-refractivity contribution is 7.97. The van der Waals surface area contributed by atoms with E-state index in [-0.39, 0.29) is 42.3 Å². The fourth-order valence-electron chi connectivity index (χ4n) is 6.86. The molecular weight excluding hydrogens is 802 g/mol. The second kappa shape index (κ2) is 20.4. The molecule has 6 rings (SSSR count). The first-order valence-corrected chi connectivity index (χ1v) is 21.9. The molecule has 58 heavy (non-hydrogen) atoms. The molecule has 0 radical (unpaired) electrons.